The molecule has 1 aromatic carbocycles. The zero-order chi connectivity index (χ0) is 12.1. The Morgan fingerprint density at radius 1 is 1.29 bits per heavy atom. The van der Waals surface area contributed by atoms with Gasteiger partial charge in [-0.25, -0.2) is 0 Å². The van der Waals surface area contributed by atoms with Crippen molar-refractivity contribution in [3.63, 3.8) is 0 Å². The fraction of sp³-hybridized carbons (Fsp3) is 0.600. The number of methoxy groups -OCH3 is 1. The van der Waals surface area contributed by atoms with E-state index in [4.69, 9.17) is 4.74 Å². The van der Waals surface area contributed by atoms with Crippen LogP contribution in [0.25, 0.3) is 0 Å². The third-order valence-corrected chi connectivity index (χ3v) is 3.80. The number of hydrogen-bond acceptors (Lipinski definition) is 2. The van der Waals surface area contributed by atoms with E-state index in [9.17, 15) is 0 Å². The summed E-state index contributed by atoms with van der Waals surface area (Å²) in [7, 11) is 1.71. The van der Waals surface area contributed by atoms with E-state index >= 15 is 0 Å². The topological polar surface area (TPSA) is 21.3 Å². The van der Waals surface area contributed by atoms with E-state index in [-0.39, 0.29) is 0 Å². The SMILES string of the molecule is CCNC(Cc1ccc(OC)cc1)C1CCC1. The van der Waals surface area contributed by atoms with Gasteiger partial charge in [0, 0.05) is 6.04 Å². The van der Waals surface area contributed by atoms with Crippen molar-refractivity contribution in [2.75, 3.05) is 13.7 Å². The van der Waals surface area contributed by atoms with E-state index in [2.05, 4.69) is 36.5 Å². The van der Waals surface area contributed by atoms with Gasteiger partial charge < -0.3 is 10.1 Å². The molecule has 1 fully saturated rings. The Balaban J connectivity index is 1.95. The lowest BCUT2D eigenvalue weighted by Gasteiger charge is -2.34. The number of likely N-dealkylation sites (N-methyl/N-ethyl adjacent to an activating group) is 1. The van der Waals surface area contributed by atoms with Crippen LogP contribution in [0.15, 0.2) is 24.3 Å². The van der Waals surface area contributed by atoms with Crippen molar-refractivity contribution in [2.24, 2.45) is 5.92 Å². The van der Waals surface area contributed by atoms with Crippen molar-refractivity contribution in [1.82, 2.24) is 5.32 Å². The van der Waals surface area contributed by atoms with Gasteiger partial charge in [0.2, 0.25) is 0 Å². The quantitative estimate of drug-likeness (QED) is 0.815. The van der Waals surface area contributed by atoms with Gasteiger partial charge in [0.15, 0.2) is 0 Å². The molecule has 1 N–H and O–H groups in total. The maximum atomic E-state index is 5.19. The van der Waals surface area contributed by atoms with Gasteiger partial charge in [-0.1, -0.05) is 25.5 Å². The van der Waals surface area contributed by atoms with Gasteiger partial charge in [0.05, 0.1) is 7.11 Å². The average molecular weight is 233 g/mol. The molecule has 0 bridgehead atoms. The van der Waals surface area contributed by atoms with Crippen LogP contribution in [0.3, 0.4) is 0 Å². The first-order valence-corrected chi connectivity index (χ1v) is 6.69. The summed E-state index contributed by atoms with van der Waals surface area (Å²) < 4.78 is 5.19. The lowest BCUT2D eigenvalue weighted by Crippen LogP contribution is -2.41. The Bertz CT molecular complexity index is 329. The highest BCUT2D eigenvalue weighted by molar-refractivity contribution is 5.27. The summed E-state index contributed by atoms with van der Waals surface area (Å²) in [5.74, 6) is 1.83. The molecule has 0 aromatic heterocycles. The number of nitrogens with one attached hydrogen (secondary N) is 1. The molecule has 0 heterocycles. The molecule has 0 saturated heterocycles. The van der Waals surface area contributed by atoms with Crippen molar-refractivity contribution in [3.8, 4) is 5.75 Å². The van der Waals surface area contributed by atoms with Crippen LogP contribution < -0.4 is 10.1 Å². The fourth-order valence-corrected chi connectivity index (χ4v) is 2.53. The average Bonchev–Trinajstić information content (AvgIpc) is 2.28. The van der Waals surface area contributed by atoms with Crippen molar-refractivity contribution in [2.45, 2.75) is 38.6 Å². The third kappa shape index (κ3) is 3.22. The number of rotatable bonds is 6. The first-order valence-electron chi connectivity index (χ1n) is 6.69. The van der Waals surface area contributed by atoms with Crippen molar-refractivity contribution in [1.29, 1.82) is 0 Å². The smallest absolute Gasteiger partial charge is 0.118 e. The largest absolute Gasteiger partial charge is 0.497 e. The summed E-state index contributed by atoms with van der Waals surface area (Å²) in [5.41, 5.74) is 1.41. The van der Waals surface area contributed by atoms with E-state index in [1.165, 1.54) is 24.8 Å². The molecule has 0 aliphatic heterocycles. The Kier molecular flexibility index (Phi) is 4.43. The number of ether oxygens (including phenoxy) is 1. The Hall–Kier alpha value is -1.02. The maximum Gasteiger partial charge on any atom is 0.118 e. The summed E-state index contributed by atoms with van der Waals surface area (Å²) in [6, 6.07) is 9.13. The van der Waals surface area contributed by atoms with Crippen LogP contribution >= 0.6 is 0 Å². The lowest BCUT2D eigenvalue weighted by atomic mass is 9.77. The van der Waals surface area contributed by atoms with Crippen LogP contribution in [0.1, 0.15) is 31.7 Å². The summed E-state index contributed by atoms with van der Waals surface area (Å²) in [5, 5.41) is 3.63. The van der Waals surface area contributed by atoms with Crippen LogP contribution in [0.5, 0.6) is 5.75 Å². The van der Waals surface area contributed by atoms with Crippen LogP contribution in [0.4, 0.5) is 0 Å². The number of hydrogen-bond donors (Lipinski definition) is 1. The molecule has 1 aliphatic carbocycles. The molecule has 94 valence electrons. The minimum Gasteiger partial charge on any atom is -0.497 e. The normalized spacial score (nSPS) is 17.5. The van der Waals surface area contributed by atoms with Gasteiger partial charge in [0.25, 0.3) is 0 Å². The van der Waals surface area contributed by atoms with E-state index < -0.39 is 0 Å². The lowest BCUT2D eigenvalue weighted by molar-refractivity contribution is 0.229. The summed E-state index contributed by atoms with van der Waals surface area (Å²) in [6.45, 7) is 3.26. The number of benzene rings is 1. The van der Waals surface area contributed by atoms with Crippen LogP contribution in [0, 0.1) is 5.92 Å². The molecule has 17 heavy (non-hydrogen) atoms. The summed E-state index contributed by atoms with van der Waals surface area (Å²) in [4.78, 5) is 0. The first-order chi connectivity index (χ1) is 8.33. The predicted molar refractivity (Wildman–Crippen MR) is 71.5 cm³/mol. The standard InChI is InChI=1S/C15H23NO/c1-3-16-15(13-5-4-6-13)11-12-7-9-14(17-2)10-8-12/h7-10,13,15-16H,3-6,11H2,1-2H3. The van der Waals surface area contributed by atoms with E-state index in [1.54, 1.807) is 7.11 Å². The Morgan fingerprint density at radius 3 is 2.47 bits per heavy atom. The van der Waals surface area contributed by atoms with Gasteiger partial charge >= 0.3 is 0 Å². The maximum absolute atomic E-state index is 5.19. The Labute approximate surface area is 104 Å². The van der Waals surface area contributed by atoms with Crippen molar-refractivity contribution < 1.29 is 4.74 Å². The van der Waals surface area contributed by atoms with Gasteiger partial charge in [-0.05, 0) is 49.4 Å². The molecule has 1 aromatic rings. The zero-order valence-corrected chi connectivity index (χ0v) is 10.9. The monoisotopic (exact) mass is 233 g/mol. The molecule has 1 aliphatic rings. The van der Waals surface area contributed by atoms with Gasteiger partial charge in [-0.2, -0.15) is 0 Å². The highest BCUT2D eigenvalue weighted by Crippen LogP contribution is 2.31. The van der Waals surface area contributed by atoms with Gasteiger partial charge in [-0.15, -0.1) is 0 Å². The van der Waals surface area contributed by atoms with E-state index in [1.807, 2.05) is 0 Å². The second-order valence-electron chi connectivity index (χ2n) is 4.91. The Morgan fingerprint density at radius 2 is 2.00 bits per heavy atom. The second kappa shape index (κ2) is 6.06. The highest BCUT2D eigenvalue weighted by atomic mass is 16.5. The molecule has 1 unspecified atom stereocenters. The molecule has 2 heteroatoms. The minimum atomic E-state index is 0.655. The molecule has 2 rings (SSSR count). The summed E-state index contributed by atoms with van der Waals surface area (Å²) in [6.07, 6.45) is 5.35. The molecule has 1 atom stereocenters. The van der Waals surface area contributed by atoms with Gasteiger partial charge in [-0.3, -0.25) is 0 Å². The second-order valence-corrected chi connectivity index (χ2v) is 4.91. The van der Waals surface area contributed by atoms with Crippen LogP contribution in [-0.2, 0) is 6.42 Å². The van der Waals surface area contributed by atoms with E-state index in [0.29, 0.717) is 6.04 Å². The third-order valence-electron chi connectivity index (χ3n) is 3.80. The molecule has 0 radical (unpaired) electrons. The molecule has 0 amide bonds. The van der Waals surface area contributed by atoms with Crippen LogP contribution in [0.2, 0.25) is 0 Å². The molecular formula is C15H23NO. The first kappa shape index (κ1) is 12.4. The molecular weight excluding hydrogens is 210 g/mol. The molecule has 1 saturated carbocycles. The molecule has 2 nitrogen and oxygen atoms in total. The predicted octanol–water partition coefficient (Wildman–Crippen LogP) is 3.02. The van der Waals surface area contributed by atoms with Crippen molar-refractivity contribution in [3.05, 3.63) is 29.8 Å². The zero-order valence-electron chi connectivity index (χ0n) is 10.9. The van der Waals surface area contributed by atoms with E-state index in [0.717, 1.165) is 24.6 Å². The van der Waals surface area contributed by atoms with Crippen molar-refractivity contribution >= 4 is 0 Å². The fourth-order valence-electron chi connectivity index (χ4n) is 2.53. The van der Waals surface area contributed by atoms with Crippen LogP contribution in [-0.4, -0.2) is 19.7 Å². The van der Waals surface area contributed by atoms with Gasteiger partial charge in [0.1, 0.15) is 5.75 Å². The summed E-state index contributed by atoms with van der Waals surface area (Å²) >= 11 is 0. The highest BCUT2D eigenvalue weighted by Gasteiger charge is 2.26. The minimum absolute atomic E-state index is 0.655. The molecule has 0 spiro atoms.